The van der Waals surface area contributed by atoms with Gasteiger partial charge in [-0.25, -0.2) is 0 Å². The topological polar surface area (TPSA) is 20.3 Å². The Hall–Kier alpha value is -1.22. The normalized spacial score (nSPS) is 21.9. The van der Waals surface area contributed by atoms with E-state index in [1.807, 2.05) is 17.8 Å². The molecule has 1 aliphatic heterocycles. The molecule has 0 spiro atoms. The third-order valence-electron chi connectivity index (χ3n) is 4.29. The molecule has 21 heavy (non-hydrogen) atoms. The van der Waals surface area contributed by atoms with Gasteiger partial charge < -0.3 is 4.90 Å². The average Bonchev–Trinajstić information content (AvgIpc) is 2.79. The first kappa shape index (κ1) is 14.7. The molecule has 1 heterocycles. The summed E-state index contributed by atoms with van der Waals surface area (Å²) in [6.07, 6.45) is 5.69. The smallest absolute Gasteiger partial charge is 0.251 e. The second kappa shape index (κ2) is 6.69. The van der Waals surface area contributed by atoms with Gasteiger partial charge >= 0.3 is 0 Å². The fraction of sp³-hybridized carbons (Fsp3) is 0.500. The van der Waals surface area contributed by atoms with Crippen LogP contribution in [0, 0.1) is 0 Å². The zero-order chi connectivity index (χ0) is 14.7. The second-order valence-corrected chi connectivity index (χ2v) is 7.04. The molecule has 0 saturated heterocycles. The number of rotatable bonds is 5. The van der Waals surface area contributed by atoms with E-state index in [1.54, 1.807) is 0 Å². The molecule has 0 saturated carbocycles. The lowest BCUT2D eigenvalue weighted by Gasteiger charge is -2.27. The summed E-state index contributed by atoms with van der Waals surface area (Å²) in [7, 11) is 0. The molecule has 0 fully saturated rings. The lowest BCUT2D eigenvalue weighted by molar-refractivity contribution is -0.126. The van der Waals surface area contributed by atoms with Crippen molar-refractivity contribution in [3.05, 3.63) is 47.0 Å². The van der Waals surface area contributed by atoms with Crippen molar-refractivity contribution >= 4 is 17.7 Å². The molecule has 1 amide bonds. The fourth-order valence-corrected chi connectivity index (χ4v) is 4.54. The Morgan fingerprint density at radius 1 is 1.19 bits per heavy atom. The van der Waals surface area contributed by atoms with Gasteiger partial charge in [-0.1, -0.05) is 37.3 Å². The van der Waals surface area contributed by atoms with E-state index < -0.39 is 0 Å². The molecule has 0 N–H and O–H groups in total. The van der Waals surface area contributed by atoms with Crippen LogP contribution >= 0.6 is 11.8 Å². The zero-order valence-corrected chi connectivity index (χ0v) is 13.5. The van der Waals surface area contributed by atoms with Gasteiger partial charge in [0.1, 0.15) is 5.37 Å². The molecule has 1 aromatic carbocycles. The van der Waals surface area contributed by atoms with Crippen LogP contribution in [0.5, 0.6) is 0 Å². The monoisotopic (exact) mass is 301 g/mol. The van der Waals surface area contributed by atoms with E-state index in [1.165, 1.54) is 24.0 Å². The number of carbonyl (C=O) groups excluding carboxylic acids is 1. The van der Waals surface area contributed by atoms with Crippen LogP contribution < -0.4 is 0 Å². The maximum atomic E-state index is 12.8. The van der Waals surface area contributed by atoms with Gasteiger partial charge in [-0.3, -0.25) is 4.79 Å². The number of benzene rings is 1. The molecule has 0 bridgehead atoms. The molecule has 0 aromatic heterocycles. The second-order valence-electron chi connectivity index (χ2n) is 5.85. The zero-order valence-electron chi connectivity index (χ0n) is 12.7. The highest BCUT2D eigenvalue weighted by atomic mass is 32.2. The summed E-state index contributed by atoms with van der Waals surface area (Å²) in [6, 6.07) is 10.4. The molecular weight excluding hydrogens is 278 g/mol. The maximum Gasteiger partial charge on any atom is 0.251 e. The molecule has 1 aliphatic carbocycles. The number of hydrogen-bond acceptors (Lipinski definition) is 2. The molecule has 112 valence electrons. The van der Waals surface area contributed by atoms with E-state index >= 15 is 0 Å². The van der Waals surface area contributed by atoms with Crippen molar-refractivity contribution in [2.24, 2.45) is 0 Å². The molecule has 1 aromatic rings. The maximum absolute atomic E-state index is 12.8. The SMILES string of the molecule is CCCSC1C2=C(CCCC2)C(=O)N1Cc1ccccc1. The predicted molar refractivity (Wildman–Crippen MR) is 89.0 cm³/mol. The Kier molecular flexibility index (Phi) is 4.69. The molecule has 1 unspecified atom stereocenters. The minimum atomic E-state index is 0.285. The third kappa shape index (κ3) is 3.03. The van der Waals surface area contributed by atoms with E-state index in [2.05, 4.69) is 36.1 Å². The Bertz CT molecular complexity index is 537. The first-order valence-corrected chi connectivity index (χ1v) is 9.04. The summed E-state index contributed by atoms with van der Waals surface area (Å²) in [6.45, 7) is 2.95. The van der Waals surface area contributed by atoms with Crippen molar-refractivity contribution in [1.29, 1.82) is 0 Å². The Morgan fingerprint density at radius 2 is 1.95 bits per heavy atom. The van der Waals surface area contributed by atoms with E-state index in [0.717, 1.165) is 37.1 Å². The fourth-order valence-electron chi connectivity index (χ4n) is 3.27. The summed E-state index contributed by atoms with van der Waals surface area (Å²) in [5.74, 6) is 1.42. The molecule has 1 atom stereocenters. The largest absolute Gasteiger partial charge is 0.319 e. The van der Waals surface area contributed by atoms with Gasteiger partial charge in [-0.15, -0.1) is 11.8 Å². The van der Waals surface area contributed by atoms with E-state index in [-0.39, 0.29) is 5.37 Å². The first-order chi connectivity index (χ1) is 10.3. The van der Waals surface area contributed by atoms with Gasteiger partial charge in [0, 0.05) is 12.1 Å². The first-order valence-electron chi connectivity index (χ1n) is 7.99. The van der Waals surface area contributed by atoms with Crippen molar-refractivity contribution < 1.29 is 4.79 Å². The van der Waals surface area contributed by atoms with Gasteiger partial charge in [-0.05, 0) is 49.0 Å². The predicted octanol–water partition coefficient (Wildman–Crippen LogP) is 4.37. The van der Waals surface area contributed by atoms with Crippen LogP contribution in [0.25, 0.3) is 0 Å². The summed E-state index contributed by atoms with van der Waals surface area (Å²) in [5.41, 5.74) is 3.79. The molecule has 0 radical (unpaired) electrons. The molecule has 3 heteroatoms. The minimum Gasteiger partial charge on any atom is -0.319 e. The summed E-state index contributed by atoms with van der Waals surface area (Å²) < 4.78 is 0. The van der Waals surface area contributed by atoms with Gasteiger partial charge in [0.15, 0.2) is 0 Å². The number of nitrogens with zero attached hydrogens (tertiary/aromatic N) is 1. The van der Waals surface area contributed by atoms with Gasteiger partial charge in [-0.2, -0.15) is 0 Å². The highest BCUT2D eigenvalue weighted by Gasteiger charge is 2.39. The highest BCUT2D eigenvalue weighted by Crippen LogP contribution is 2.41. The van der Waals surface area contributed by atoms with Crippen LogP contribution in [0.4, 0.5) is 0 Å². The lowest BCUT2D eigenvalue weighted by Crippen LogP contribution is -2.33. The summed E-state index contributed by atoms with van der Waals surface area (Å²) in [4.78, 5) is 14.9. The van der Waals surface area contributed by atoms with E-state index in [4.69, 9.17) is 0 Å². The highest BCUT2D eigenvalue weighted by molar-refractivity contribution is 8.00. The van der Waals surface area contributed by atoms with Crippen LogP contribution in [-0.2, 0) is 11.3 Å². The minimum absolute atomic E-state index is 0.285. The third-order valence-corrected chi connectivity index (χ3v) is 5.78. The number of carbonyl (C=O) groups is 1. The van der Waals surface area contributed by atoms with Crippen molar-refractivity contribution in [3.63, 3.8) is 0 Å². The molecule has 3 rings (SSSR count). The standard InChI is InChI=1S/C18H23NOS/c1-2-12-21-18-16-11-7-6-10-15(16)17(20)19(18)13-14-8-4-3-5-9-14/h3-5,8-9,18H,2,6-7,10-13H2,1H3. The van der Waals surface area contributed by atoms with Crippen molar-refractivity contribution in [2.45, 2.75) is 50.9 Å². The van der Waals surface area contributed by atoms with Crippen molar-refractivity contribution in [2.75, 3.05) is 5.75 Å². The number of hydrogen-bond donors (Lipinski definition) is 0. The van der Waals surface area contributed by atoms with Crippen LogP contribution in [0.2, 0.25) is 0 Å². The van der Waals surface area contributed by atoms with Crippen LogP contribution in [0.3, 0.4) is 0 Å². The number of amides is 1. The van der Waals surface area contributed by atoms with Gasteiger partial charge in [0.25, 0.3) is 5.91 Å². The Labute approximate surface area is 131 Å². The van der Waals surface area contributed by atoms with Crippen LogP contribution in [-0.4, -0.2) is 21.9 Å². The average molecular weight is 301 g/mol. The summed E-state index contributed by atoms with van der Waals surface area (Å²) >= 11 is 1.95. The van der Waals surface area contributed by atoms with Crippen molar-refractivity contribution in [1.82, 2.24) is 4.90 Å². The molecule has 2 aliphatic rings. The molecular formula is C18H23NOS. The Morgan fingerprint density at radius 3 is 2.71 bits per heavy atom. The van der Waals surface area contributed by atoms with Crippen molar-refractivity contribution in [3.8, 4) is 0 Å². The number of thioether (sulfide) groups is 1. The Balaban J connectivity index is 1.82. The van der Waals surface area contributed by atoms with Gasteiger partial charge in [0.2, 0.25) is 0 Å². The molecule has 2 nitrogen and oxygen atoms in total. The van der Waals surface area contributed by atoms with Crippen LogP contribution in [0.1, 0.15) is 44.6 Å². The van der Waals surface area contributed by atoms with Gasteiger partial charge in [0.05, 0.1) is 0 Å². The van der Waals surface area contributed by atoms with Crippen LogP contribution in [0.15, 0.2) is 41.5 Å². The quantitative estimate of drug-likeness (QED) is 0.805. The lowest BCUT2D eigenvalue weighted by atomic mass is 9.94. The van der Waals surface area contributed by atoms with E-state index in [0.29, 0.717) is 5.91 Å². The summed E-state index contributed by atoms with van der Waals surface area (Å²) in [5, 5.41) is 0.285. The van der Waals surface area contributed by atoms with E-state index in [9.17, 15) is 4.79 Å².